The van der Waals surface area contributed by atoms with E-state index >= 15 is 0 Å². The maximum absolute atomic E-state index is 3.60. The van der Waals surface area contributed by atoms with Gasteiger partial charge in [0.2, 0.25) is 0 Å². The minimum Gasteiger partial charge on any atom is -0.315 e. The van der Waals surface area contributed by atoms with E-state index in [1.165, 1.54) is 45.3 Å². The number of nitrogens with zero attached hydrogens (tertiary/aromatic N) is 2. The van der Waals surface area contributed by atoms with Gasteiger partial charge >= 0.3 is 0 Å². The smallest absolute Gasteiger partial charge is 0.0253 e. The predicted octanol–water partition coefficient (Wildman–Crippen LogP) is 2.43. The average Bonchev–Trinajstić information content (AvgIpc) is 2.47. The molecule has 118 valence electrons. The zero-order chi connectivity index (χ0) is 14.7. The first-order valence-electron chi connectivity index (χ1n) is 8.68. The van der Waals surface area contributed by atoms with E-state index in [9.17, 15) is 0 Å². The molecular weight excluding hydrogens is 246 g/mol. The monoisotopic (exact) mass is 281 g/mol. The van der Waals surface area contributed by atoms with Gasteiger partial charge in [0, 0.05) is 37.8 Å². The van der Waals surface area contributed by atoms with E-state index in [1.807, 2.05) is 0 Å². The van der Waals surface area contributed by atoms with Crippen molar-refractivity contribution in [2.75, 3.05) is 33.7 Å². The fraction of sp³-hybridized carbons (Fsp3) is 1.00. The molecule has 1 aliphatic heterocycles. The molecule has 2 fully saturated rings. The summed E-state index contributed by atoms with van der Waals surface area (Å²) in [6.45, 7) is 10.9. The normalized spacial score (nSPS) is 37.5. The van der Waals surface area contributed by atoms with Crippen LogP contribution in [0.25, 0.3) is 0 Å². The van der Waals surface area contributed by atoms with Crippen LogP contribution in [0.5, 0.6) is 0 Å². The fourth-order valence-electron chi connectivity index (χ4n) is 4.24. The SMILES string of the molecule is CCC1CN(C2CC(C(C)C)CCC2NC)CCN1C. The second-order valence-corrected chi connectivity index (χ2v) is 7.32. The summed E-state index contributed by atoms with van der Waals surface area (Å²) in [6.07, 6.45) is 5.43. The molecule has 0 aromatic carbocycles. The highest BCUT2D eigenvalue weighted by atomic mass is 15.3. The van der Waals surface area contributed by atoms with Crippen molar-refractivity contribution >= 4 is 0 Å². The Balaban J connectivity index is 2.03. The molecule has 1 N–H and O–H groups in total. The van der Waals surface area contributed by atoms with Crippen LogP contribution in [0.3, 0.4) is 0 Å². The van der Waals surface area contributed by atoms with Crippen molar-refractivity contribution in [3.05, 3.63) is 0 Å². The number of piperazine rings is 1. The number of likely N-dealkylation sites (N-methyl/N-ethyl adjacent to an activating group) is 2. The van der Waals surface area contributed by atoms with Crippen LogP contribution in [0.4, 0.5) is 0 Å². The van der Waals surface area contributed by atoms with Crippen molar-refractivity contribution in [1.82, 2.24) is 15.1 Å². The lowest BCUT2D eigenvalue weighted by atomic mass is 9.76. The highest BCUT2D eigenvalue weighted by Gasteiger charge is 2.37. The van der Waals surface area contributed by atoms with E-state index in [-0.39, 0.29) is 0 Å². The molecule has 3 heteroatoms. The fourth-order valence-corrected chi connectivity index (χ4v) is 4.24. The van der Waals surface area contributed by atoms with Crippen LogP contribution in [-0.4, -0.2) is 61.7 Å². The van der Waals surface area contributed by atoms with Crippen molar-refractivity contribution in [1.29, 1.82) is 0 Å². The topological polar surface area (TPSA) is 18.5 Å². The quantitative estimate of drug-likeness (QED) is 0.854. The third-order valence-corrected chi connectivity index (χ3v) is 5.92. The highest BCUT2D eigenvalue weighted by Crippen LogP contribution is 2.33. The standard InChI is InChI=1S/C17H35N3/c1-6-15-12-20(10-9-19(15)5)17-11-14(13(2)3)7-8-16(17)18-4/h13-18H,6-12H2,1-5H3. The number of nitrogens with one attached hydrogen (secondary N) is 1. The Morgan fingerprint density at radius 3 is 2.55 bits per heavy atom. The van der Waals surface area contributed by atoms with Crippen LogP contribution in [0.2, 0.25) is 0 Å². The summed E-state index contributed by atoms with van der Waals surface area (Å²) in [4.78, 5) is 5.34. The van der Waals surface area contributed by atoms with Crippen molar-refractivity contribution < 1.29 is 0 Å². The summed E-state index contributed by atoms with van der Waals surface area (Å²) >= 11 is 0. The van der Waals surface area contributed by atoms with E-state index in [1.54, 1.807) is 0 Å². The second-order valence-electron chi connectivity index (χ2n) is 7.32. The Hall–Kier alpha value is -0.120. The van der Waals surface area contributed by atoms with Gasteiger partial charge in [-0.3, -0.25) is 4.90 Å². The number of hydrogen-bond acceptors (Lipinski definition) is 3. The minimum atomic E-state index is 0.700. The number of hydrogen-bond donors (Lipinski definition) is 1. The van der Waals surface area contributed by atoms with Crippen molar-refractivity contribution in [2.24, 2.45) is 11.8 Å². The van der Waals surface area contributed by atoms with Crippen LogP contribution in [0.15, 0.2) is 0 Å². The molecule has 0 bridgehead atoms. The van der Waals surface area contributed by atoms with Gasteiger partial charge in [-0.2, -0.15) is 0 Å². The molecule has 0 radical (unpaired) electrons. The molecule has 4 unspecified atom stereocenters. The molecule has 4 atom stereocenters. The molecular formula is C17H35N3. The molecule has 1 aliphatic carbocycles. The van der Waals surface area contributed by atoms with Crippen molar-refractivity contribution in [3.8, 4) is 0 Å². The maximum Gasteiger partial charge on any atom is 0.0253 e. The van der Waals surface area contributed by atoms with Crippen LogP contribution in [0, 0.1) is 11.8 Å². The Morgan fingerprint density at radius 1 is 1.20 bits per heavy atom. The first kappa shape index (κ1) is 16.3. The molecule has 1 saturated carbocycles. The predicted molar refractivity (Wildman–Crippen MR) is 87.1 cm³/mol. The van der Waals surface area contributed by atoms with Gasteiger partial charge in [-0.15, -0.1) is 0 Å². The minimum absolute atomic E-state index is 0.700. The molecule has 1 saturated heterocycles. The zero-order valence-electron chi connectivity index (χ0n) is 14.2. The molecule has 2 aliphatic rings. The van der Waals surface area contributed by atoms with Crippen molar-refractivity contribution in [2.45, 2.75) is 64.6 Å². The molecule has 2 rings (SSSR count). The lowest BCUT2D eigenvalue weighted by Gasteiger charge is -2.48. The van der Waals surface area contributed by atoms with Gasteiger partial charge in [0.05, 0.1) is 0 Å². The van der Waals surface area contributed by atoms with E-state index in [0.29, 0.717) is 6.04 Å². The summed E-state index contributed by atoms with van der Waals surface area (Å²) in [6, 6.07) is 2.20. The van der Waals surface area contributed by atoms with Crippen LogP contribution < -0.4 is 5.32 Å². The van der Waals surface area contributed by atoms with E-state index in [4.69, 9.17) is 0 Å². The zero-order valence-corrected chi connectivity index (χ0v) is 14.2. The van der Waals surface area contributed by atoms with Gasteiger partial charge in [0.25, 0.3) is 0 Å². The second kappa shape index (κ2) is 7.24. The Bertz CT molecular complexity index is 292. The first-order valence-corrected chi connectivity index (χ1v) is 8.68. The highest BCUT2D eigenvalue weighted by molar-refractivity contribution is 4.94. The molecule has 20 heavy (non-hydrogen) atoms. The van der Waals surface area contributed by atoms with Gasteiger partial charge in [-0.25, -0.2) is 0 Å². The first-order chi connectivity index (χ1) is 9.56. The van der Waals surface area contributed by atoms with E-state index in [0.717, 1.165) is 23.9 Å². The van der Waals surface area contributed by atoms with E-state index in [2.05, 4.69) is 50.0 Å². The molecule has 1 heterocycles. The van der Waals surface area contributed by atoms with Gasteiger partial charge in [0.15, 0.2) is 0 Å². The maximum atomic E-state index is 3.60. The third-order valence-electron chi connectivity index (χ3n) is 5.92. The largest absolute Gasteiger partial charge is 0.315 e. The summed E-state index contributed by atoms with van der Waals surface area (Å²) in [5.74, 6) is 1.76. The van der Waals surface area contributed by atoms with Crippen LogP contribution >= 0.6 is 0 Å². The van der Waals surface area contributed by atoms with Crippen LogP contribution in [0.1, 0.15) is 46.5 Å². The third kappa shape index (κ3) is 3.55. The van der Waals surface area contributed by atoms with Crippen molar-refractivity contribution in [3.63, 3.8) is 0 Å². The summed E-state index contributed by atoms with van der Waals surface area (Å²) in [7, 11) is 4.44. The molecule has 0 aromatic heterocycles. The lowest BCUT2D eigenvalue weighted by Crippen LogP contribution is -2.60. The Morgan fingerprint density at radius 2 is 1.95 bits per heavy atom. The van der Waals surface area contributed by atoms with Gasteiger partial charge in [-0.05, 0) is 51.6 Å². The Labute approximate surface area is 126 Å². The van der Waals surface area contributed by atoms with Crippen LogP contribution in [-0.2, 0) is 0 Å². The molecule has 0 aromatic rings. The summed E-state index contributed by atoms with van der Waals surface area (Å²) in [5.41, 5.74) is 0. The van der Waals surface area contributed by atoms with Gasteiger partial charge < -0.3 is 10.2 Å². The van der Waals surface area contributed by atoms with E-state index < -0.39 is 0 Å². The average molecular weight is 281 g/mol. The molecule has 3 nitrogen and oxygen atoms in total. The number of rotatable bonds is 4. The summed E-state index contributed by atoms with van der Waals surface area (Å²) in [5, 5.41) is 3.60. The van der Waals surface area contributed by atoms with Gasteiger partial charge in [-0.1, -0.05) is 20.8 Å². The molecule has 0 amide bonds. The Kier molecular flexibility index (Phi) is 5.88. The molecule has 0 spiro atoms. The van der Waals surface area contributed by atoms with Gasteiger partial charge in [0.1, 0.15) is 0 Å². The lowest BCUT2D eigenvalue weighted by molar-refractivity contribution is 0.0210. The summed E-state index contributed by atoms with van der Waals surface area (Å²) < 4.78 is 0.